The van der Waals surface area contributed by atoms with E-state index in [1.165, 1.54) is 152 Å². The van der Waals surface area contributed by atoms with Crippen molar-refractivity contribution in [3.05, 3.63) is 41.5 Å². The Kier molecular flexibility index (Phi) is 18.6. The second-order valence-electron chi connectivity index (χ2n) is 12.2. The quantitative estimate of drug-likeness (QED) is 0.0950. The lowest BCUT2D eigenvalue weighted by atomic mass is 9.94. The highest BCUT2D eigenvalue weighted by molar-refractivity contribution is 7.85. The minimum Gasteiger partial charge on any atom is -0.282 e. The van der Waals surface area contributed by atoms with Crippen LogP contribution in [0.4, 0.5) is 0 Å². The summed E-state index contributed by atoms with van der Waals surface area (Å²) in [5, 5.41) is 2.07. The molecule has 0 atom stereocenters. The van der Waals surface area contributed by atoms with Crippen LogP contribution in [-0.4, -0.2) is 13.0 Å². The zero-order chi connectivity index (χ0) is 28.9. The van der Waals surface area contributed by atoms with Crippen molar-refractivity contribution in [3.63, 3.8) is 0 Å². The van der Waals surface area contributed by atoms with Crippen LogP contribution in [0.25, 0.3) is 10.8 Å². The Morgan fingerprint density at radius 1 is 0.525 bits per heavy atom. The van der Waals surface area contributed by atoms with Gasteiger partial charge in [-0.15, -0.1) is 0 Å². The van der Waals surface area contributed by atoms with Gasteiger partial charge < -0.3 is 0 Å². The van der Waals surface area contributed by atoms with Crippen molar-refractivity contribution in [3.8, 4) is 0 Å². The molecule has 0 aliphatic heterocycles. The fourth-order valence-corrected chi connectivity index (χ4v) is 6.47. The van der Waals surface area contributed by atoms with Gasteiger partial charge >= 0.3 is 0 Å². The average Bonchev–Trinajstić information content (AvgIpc) is 2.93. The minimum absolute atomic E-state index is 0.00157. The molecule has 0 saturated heterocycles. The number of hydrogen-bond acceptors (Lipinski definition) is 2. The standard InChI is InChI=1S/C36H60O3S/c1-3-5-7-9-11-13-15-17-19-21-23-25-32-29-33(26-24-22-20-18-16-14-12-10-8-6-4-2)36-31-35(40(37,38)39)28-27-34(36)30-32/h27-31H,3-26H2,1-2H3,(H,37,38,39). The number of benzene rings is 2. The molecule has 2 rings (SSSR count). The Morgan fingerprint density at radius 3 is 1.40 bits per heavy atom. The maximum absolute atomic E-state index is 11.8. The summed E-state index contributed by atoms with van der Waals surface area (Å²) in [6.07, 6.45) is 31.4. The van der Waals surface area contributed by atoms with Gasteiger partial charge in [0.15, 0.2) is 0 Å². The topological polar surface area (TPSA) is 54.4 Å². The summed E-state index contributed by atoms with van der Waals surface area (Å²) in [5.74, 6) is 0. The molecule has 40 heavy (non-hydrogen) atoms. The molecule has 228 valence electrons. The van der Waals surface area contributed by atoms with Gasteiger partial charge in [0.05, 0.1) is 4.90 Å². The SMILES string of the molecule is CCCCCCCCCCCCCc1cc(CCCCCCCCCCCCC)c2cc(S(=O)(=O)O)ccc2c1. The molecule has 2 aromatic carbocycles. The van der Waals surface area contributed by atoms with Crippen LogP contribution in [0.3, 0.4) is 0 Å². The van der Waals surface area contributed by atoms with E-state index in [0.717, 1.165) is 30.0 Å². The fourth-order valence-electron chi connectivity index (χ4n) is 5.97. The van der Waals surface area contributed by atoms with Crippen LogP contribution in [-0.2, 0) is 23.0 Å². The summed E-state index contributed by atoms with van der Waals surface area (Å²) in [4.78, 5) is -0.00157. The van der Waals surface area contributed by atoms with Crippen LogP contribution < -0.4 is 0 Å². The molecule has 0 bridgehead atoms. The largest absolute Gasteiger partial charge is 0.294 e. The van der Waals surface area contributed by atoms with Crippen LogP contribution in [0.2, 0.25) is 0 Å². The molecule has 0 heterocycles. The Hall–Kier alpha value is -1.39. The highest BCUT2D eigenvalue weighted by Gasteiger charge is 2.13. The van der Waals surface area contributed by atoms with Crippen molar-refractivity contribution in [2.75, 3.05) is 0 Å². The fraction of sp³-hybridized carbons (Fsp3) is 0.722. The molecule has 4 heteroatoms. The first-order valence-electron chi connectivity index (χ1n) is 17.0. The van der Waals surface area contributed by atoms with Crippen molar-refractivity contribution < 1.29 is 13.0 Å². The normalized spacial score (nSPS) is 12.0. The van der Waals surface area contributed by atoms with E-state index in [1.54, 1.807) is 6.07 Å². The van der Waals surface area contributed by atoms with Gasteiger partial charge in [0.1, 0.15) is 0 Å². The van der Waals surface area contributed by atoms with E-state index in [0.29, 0.717) is 0 Å². The van der Waals surface area contributed by atoms with Crippen molar-refractivity contribution in [1.29, 1.82) is 0 Å². The van der Waals surface area contributed by atoms with Crippen molar-refractivity contribution in [1.82, 2.24) is 0 Å². The van der Waals surface area contributed by atoms with Gasteiger partial charge in [-0.1, -0.05) is 160 Å². The van der Waals surface area contributed by atoms with E-state index in [-0.39, 0.29) is 4.90 Å². The predicted molar refractivity (Wildman–Crippen MR) is 174 cm³/mol. The van der Waals surface area contributed by atoms with Gasteiger partial charge in [0.25, 0.3) is 10.1 Å². The molecular formula is C36H60O3S. The molecule has 0 aliphatic rings. The Labute approximate surface area is 247 Å². The highest BCUT2D eigenvalue weighted by atomic mass is 32.2. The van der Waals surface area contributed by atoms with Gasteiger partial charge in [-0.2, -0.15) is 8.42 Å². The average molecular weight is 573 g/mol. The van der Waals surface area contributed by atoms with Gasteiger partial charge in [0, 0.05) is 0 Å². The Morgan fingerprint density at radius 2 is 0.950 bits per heavy atom. The molecule has 0 saturated carbocycles. The number of fused-ring (bicyclic) bond motifs is 1. The first-order chi connectivity index (χ1) is 19.5. The molecule has 0 radical (unpaired) electrons. The minimum atomic E-state index is -4.20. The molecule has 0 fully saturated rings. The van der Waals surface area contributed by atoms with Gasteiger partial charge in [0.2, 0.25) is 0 Å². The maximum Gasteiger partial charge on any atom is 0.294 e. The van der Waals surface area contributed by atoms with Gasteiger partial charge in [-0.25, -0.2) is 0 Å². The monoisotopic (exact) mass is 572 g/mol. The van der Waals surface area contributed by atoms with Crippen LogP contribution >= 0.6 is 0 Å². The van der Waals surface area contributed by atoms with Crippen LogP contribution in [0.15, 0.2) is 35.2 Å². The third-order valence-corrected chi connectivity index (χ3v) is 9.34. The van der Waals surface area contributed by atoms with E-state index in [2.05, 4.69) is 26.0 Å². The van der Waals surface area contributed by atoms with Crippen molar-refractivity contribution >= 4 is 20.9 Å². The van der Waals surface area contributed by atoms with E-state index in [4.69, 9.17) is 0 Å². The van der Waals surface area contributed by atoms with E-state index in [9.17, 15) is 13.0 Å². The molecule has 0 unspecified atom stereocenters. The molecule has 0 aromatic heterocycles. The van der Waals surface area contributed by atoms with Crippen LogP contribution in [0, 0.1) is 0 Å². The molecule has 0 spiro atoms. The second-order valence-corrected chi connectivity index (χ2v) is 13.6. The molecule has 0 aliphatic carbocycles. The molecule has 2 aromatic rings. The third kappa shape index (κ3) is 15.0. The first kappa shape index (κ1) is 34.8. The van der Waals surface area contributed by atoms with Gasteiger partial charge in [-0.05, 0) is 59.7 Å². The molecule has 3 nitrogen and oxygen atoms in total. The number of aryl methyl sites for hydroxylation is 2. The lowest BCUT2D eigenvalue weighted by molar-refractivity contribution is 0.483. The zero-order valence-corrected chi connectivity index (χ0v) is 26.8. The number of rotatable bonds is 25. The lowest BCUT2D eigenvalue weighted by Gasteiger charge is -2.12. The maximum atomic E-state index is 11.8. The van der Waals surface area contributed by atoms with Crippen molar-refractivity contribution in [2.45, 2.75) is 173 Å². The summed E-state index contributed by atoms with van der Waals surface area (Å²) >= 11 is 0. The number of unbranched alkanes of at least 4 members (excludes halogenated alkanes) is 20. The predicted octanol–water partition coefficient (Wildman–Crippen LogP) is 11.8. The zero-order valence-electron chi connectivity index (χ0n) is 26.0. The molecule has 0 amide bonds. The van der Waals surface area contributed by atoms with Crippen LogP contribution in [0.5, 0.6) is 0 Å². The Bertz CT molecular complexity index is 1030. The van der Waals surface area contributed by atoms with Gasteiger partial charge in [-0.3, -0.25) is 4.55 Å². The van der Waals surface area contributed by atoms with E-state index >= 15 is 0 Å². The summed E-state index contributed by atoms with van der Waals surface area (Å²) in [6.45, 7) is 4.55. The van der Waals surface area contributed by atoms with E-state index in [1.807, 2.05) is 6.07 Å². The molecule has 1 N–H and O–H groups in total. The molecular weight excluding hydrogens is 512 g/mol. The highest BCUT2D eigenvalue weighted by Crippen LogP contribution is 2.27. The summed E-state index contributed by atoms with van der Waals surface area (Å²) in [7, 11) is -4.20. The van der Waals surface area contributed by atoms with Crippen LogP contribution in [0.1, 0.15) is 166 Å². The van der Waals surface area contributed by atoms with Crippen molar-refractivity contribution in [2.24, 2.45) is 0 Å². The lowest BCUT2D eigenvalue weighted by Crippen LogP contribution is -1.99. The Balaban J connectivity index is 1.81. The second kappa shape index (κ2) is 21.3. The smallest absolute Gasteiger partial charge is 0.282 e. The summed E-state index contributed by atoms with van der Waals surface area (Å²) in [6, 6.07) is 9.61. The third-order valence-electron chi connectivity index (χ3n) is 8.49. The summed E-state index contributed by atoms with van der Waals surface area (Å²) in [5.41, 5.74) is 2.60. The first-order valence-corrected chi connectivity index (χ1v) is 18.4. The van der Waals surface area contributed by atoms with E-state index < -0.39 is 10.1 Å². The summed E-state index contributed by atoms with van der Waals surface area (Å²) < 4.78 is 33.2. The number of hydrogen-bond donors (Lipinski definition) is 1.